The Kier molecular flexibility index (Phi) is 12.7. The van der Waals surface area contributed by atoms with Crippen molar-refractivity contribution in [2.75, 3.05) is 18.1 Å². The van der Waals surface area contributed by atoms with Crippen LogP contribution >= 0.6 is 0 Å². The van der Waals surface area contributed by atoms with Crippen molar-refractivity contribution in [1.29, 1.82) is 0 Å². The number of benzene rings is 1. The van der Waals surface area contributed by atoms with E-state index in [1.54, 1.807) is 20.8 Å². The van der Waals surface area contributed by atoms with Crippen LogP contribution in [0.2, 0.25) is 0 Å². The third-order valence-corrected chi connectivity index (χ3v) is 7.48. The van der Waals surface area contributed by atoms with E-state index in [4.69, 9.17) is 20.9 Å². The van der Waals surface area contributed by atoms with E-state index in [1.165, 1.54) is 4.90 Å². The van der Waals surface area contributed by atoms with E-state index >= 15 is 0 Å². The van der Waals surface area contributed by atoms with Gasteiger partial charge < -0.3 is 31.6 Å². The van der Waals surface area contributed by atoms with E-state index in [1.807, 2.05) is 30.4 Å². The second-order valence-corrected chi connectivity index (χ2v) is 12.4. The predicted octanol–water partition coefficient (Wildman–Crippen LogP) is 2.54. The fraction of sp³-hybridized carbons (Fsp3) is 0.594. The third kappa shape index (κ3) is 10.7. The zero-order chi connectivity index (χ0) is 32.3. The van der Waals surface area contributed by atoms with Gasteiger partial charge in [0, 0.05) is 19.3 Å². The van der Waals surface area contributed by atoms with Crippen LogP contribution in [0.5, 0.6) is 0 Å². The first kappa shape index (κ1) is 34.6. The number of alkyl carbamates (subject to hydrolysis) is 1. The quantitative estimate of drug-likeness (QED) is 0.163. The fourth-order valence-electron chi connectivity index (χ4n) is 5.44. The minimum absolute atomic E-state index is 0.0645. The normalized spacial score (nSPS) is 18.4. The van der Waals surface area contributed by atoms with Gasteiger partial charge in [-0.1, -0.05) is 36.8 Å². The number of carbonyl (C=O) groups is 5. The van der Waals surface area contributed by atoms with Gasteiger partial charge in [-0.2, -0.15) is 0 Å². The highest BCUT2D eigenvalue weighted by atomic mass is 16.6. The number of allylic oxidation sites excluding steroid dienone is 1. The first-order chi connectivity index (χ1) is 20.9. The highest BCUT2D eigenvalue weighted by Gasteiger charge is 2.44. The smallest absolute Gasteiger partial charge is 0.408 e. The molecule has 6 N–H and O–H groups in total. The van der Waals surface area contributed by atoms with E-state index < -0.39 is 35.7 Å². The van der Waals surface area contributed by atoms with E-state index in [0.29, 0.717) is 32.3 Å². The monoisotopic (exact) mass is 613 g/mol. The highest BCUT2D eigenvalue weighted by molar-refractivity contribution is 6.07. The zero-order valence-corrected chi connectivity index (χ0v) is 26.1. The molecule has 0 fully saturated rings. The molecule has 5 amide bonds. The molecule has 0 spiro atoms. The third-order valence-electron chi connectivity index (χ3n) is 7.48. The lowest BCUT2D eigenvalue weighted by Gasteiger charge is -2.29. The minimum Gasteiger partial charge on any atom is -0.444 e. The molecular formula is C32H47N5O7. The fourth-order valence-corrected chi connectivity index (χ4v) is 5.44. The molecule has 0 saturated carbocycles. The van der Waals surface area contributed by atoms with Crippen LogP contribution in [0.4, 0.5) is 10.5 Å². The van der Waals surface area contributed by atoms with E-state index in [2.05, 4.69) is 10.6 Å². The summed E-state index contributed by atoms with van der Waals surface area (Å²) in [5, 5.41) is 5.68. The lowest BCUT2D eigenvalue weighted by Crippen LogP contribution is -2.56. The van der Waals surface area contributed by atoms with Crippen LogP contribution in [0.3, 0.4) is 0 Å². The standard InChI is InChI=1S/C32H47N5O7/c1-32(2,3)44-31(42)36-24-16-14-21-11-10-12-22-19-25(37(28(21)22)30(24)41)29(40)35-23(15-17-27(34)39)20-43-18-9-7-5-4-6-8-13-26(33)38/h7,9-12,23-25H,4-6,8,13-20H2,1-3H3,(H2,33,38)(H2,34,39)(H,35,40)(H,36,42)/b9-7-/t23-,24-,25-/m0/s1. The Hall–Kier alpha value is -3.93. The number of nitrogens with zero attached hydrogens (tertiary/aromatic N) is 1. The summed E-state index contributed by atoms with van der Waals surface area (Å²) in [5.41, 5.74) is 12.4. The van der Waals surface area contributed by atoms with E-state index in [0.717, 1.165) is 42.5 Å². The molecule has 0 saturated heterocycles. The Morgan fingerprint density at radius 2 is 1.77 bits per heavy atom. The molecule has 1 aromatic carbocycles. The molecule has 0 radical (unpaired) electrons. The average molecular weight is 614 g/mol. The summed E-state index contributed by atoms with van der Waals surface area (Å²) in [5.74, 6) is -1.52. The van der Waals surface area contributed by atoms with Gasteiger partial charge in [0.15, 0.2) is 0 Å². The summed E-state index contributed by atoms with van der Waals surface area (Å²) < 4.78 is 11.2. The van der Waals surface area contributed by atoms with E-state index in [9.17, 15) is 24.0 Å². The Morgan fingerprint density at radius 1 is 1.05 bits per heavy atom. The Bertz CT molecular complexity index is 1230. The number of carbonyl (C=O) groups excluding carboxylic acids is 5. The van der Waals surface area contributed by atoms with Crippen LogP contribution in [0.25, 0.3) is 0 Å². The number of nitrogens with one attached hydrogen (secondary N) is 2. The van der Waals surface area contributed by atoms with E-state index in [-0.39, 0.29) is 37.2 Å². The number of unbranched alkanes of at least 4 members (excludes halogenated alkanes) is 3. The Balaban J connectivity index is 1.63. The van der Waals surface area contributed by atoms with Crippen LogP contribution in [0.1, 0.15) is 83.3 Å². The van der Waals surface area contributed by atoms with Gasteiger partial charge in [-0.25, -0.2) is 4.79 Å². The maximum Gasteiger partial charge on any atom is 0.408 e. The molecular weight excluding hydrogens is 566 g/mol. The highest BCUT2D eigenvalue weighted by Crippen LogP contribution is 2.39. The molecule has 1 aromatic rings. The number of primary amides is 2. The van der Waals surface area contributed by atoms with Gasteiger partial charge in [-0.3, -0.25) is 24.1 Å². The molecule has 2 aliphatic heterocycles. The van der Waals surface area contributed by atoms with Crippen LogP contribution in [-0.2, 0) is 41.5 Å². The van der Waals surface area contributed by atoms with Gasteiger partial charge in [0.1, 0.15) is 17.7 Å². The maximum absolute atomic E-state index is 13.8. The van der Waals surface area contributed by atoms with Crippen molar-refractivity contribution in [3.05, 3.63) is 41.5 Å². The molecule has 0 unspecified atom stereocenters. The summed E-state index contributed by atoms with van der Waals surface area (Å²) in [4.78, 5) is 63.9. The number of para-hydroxylation sites is 1. The first-order valence-electron chi connectivity index (χ1n) is 15.4. The number of aryl methyl sites for hydroxylation is 1. The van der Waals surface area contributed by atoms with Gasteiger partial charge >= 0.3 is 6.09 Å². The van der Waals surface area contributed by atoms with Crippen molar-refractivity contribution in [2.45, 2.75) is 109 Å². The summed E-state index contributed by atoms with van der Waals surface area (Å²) in [7, 11) is 0. The number of hydrogen-bond acceptors (Lipinski definition) is 7. The molecule has 0 bridgehead atoms. The number of nitrogens with two attached hydrogens (primary N) is 2. The summed E-state index contributed by atoms with van der Waals surface area (Å²) in [6.45, 7) is 5.72. The van der Waals surface area contributed by atoms with Gasteiger partial charge in [0.2, 0.25) is 23.6 Å². The second-order valence-electron chi connectivity index (χ2n) is 12.4. The number of anilines is 1. The lowest BCUT2D eigenvalue weighted by atomic mass is 10.0. The Morgan fingerprint density at radius 3 is 2.48 bits per heavy atom. The van der Waals surface area contributed by atoms with Crippen LogP contribution in [-0.4, -0.2) is 66.7 Å². The summed E-state index contributed by atoms with van der Waals surface area (Å²) in [6, 6.07) is 3.57. The number of ether oxygens (including phenoxy) is 2. The Labute approximate surface area is 259 Å². The number of rotatable bonds is 16. The van der Waals surface area contributed by atoms with Crippen molar-refractivity contribution in [3.63, 3.8) is 0 Å². The maximum atomic E-state index is 13.8. The first-order valence-corrected chi connectivity index (χ1v) is 15.4. The van der Waals surface area contributed by atoms with Crippen LogP contribution < -0.4 is 27.0 Å². The van der Waals surface area contributed by atoms with Gasteiger partial charge in [0.25, 0.3) is 0 Å². The lowest BCUT2D eigenvalue weighted by molar-refractivity contribution is -0.127. The van der Waals surface area contributed by atoms with Crippen molar-refractivity contribution in [2.24, 2.45) is 11.5 Å². The summed E-state index contributed by atoms with van der Waals surface area (Å²) in [6.07, 6.45) is 8.68. The molecule has 0 aliphatic carbocycles. The van der Waals surface area contributed by atoms with Crippen molar-refractivity contribution >= 4 is 35.4 Å². The van der Waals surface area contributed by atoms with Crippen molar-refractivity contribution in [3.8, 4) is 0 Å². The zero-order valence-electron chi connectivity index (χ0n) is 26.1. The second kappa shape index (κ2) is 16.2. The van der Waals surface area contributed by atoms with Crippen LogP contribution in [0.15, 0.2) is 30.4 Å². The predicted molar refractivity (Wildman–Crippen MR) is 165 cm³/mol. The van der Waals surface area contributed by atoms with Crippen molar-refractivity contribution in [1.82, 2.24) is 10.6 Å². The average Bonchev–Trinajstić information content (AvgIpc) is 3.27. The molecule has 3 atom stereocenters. The van der Waals surface area contributed by atoms with Gasteiger partial charge in [-0.05, 0) is 70.4 Å². The van der Waals surface area contributed by atoms with Gasteiger partial charge in [-0.15, -0.1) is 0 Å². The largest absolute Gasteiger partial charge is 0.444 e. The number of hydrogen-bond donors (Lipinski definition) is 4. The number of amides is 5. The van der Waals surface area contributed by atoms with Gasteiger partial charge in [0.05, 0.1) is 24.9 Å². The molecule has 12 nitrogen and oxygen atoms in total. The van der Waals surface area contributed by atoms with Crippen molar-refractivity contribution < 1.29 is 33.4 Å². The minimum atomic E-state index is -0.859. The summed E-state index contributed by atoms with van der Waals surface area (Å²) >= 11 is 0. The molecule has 3 rings (SSSR count). The molecule has 0 aromatic heterocycles. The van der Waals surface area contributed by atoms with Crippen LogP contribution in [0, 0.1) is 0 Å². The molecule has 2 aliphatic rings. The molecule has 44 heavy (non-hydrogen) atoms. The SMILES string of the molecule is CC(C)(C)OC(=O)N[C@H]1CCc2cccc3c2N(C1=O)[C@H](C(=O)N[C@@H](CCC(N)=O)COC/C=C\CCCCCC(N)=O)C3. The molecule has 242 valence electrons. The topological polar surface area (TPSA) is 183 Å². The molecule has 12 heteroatoms. The molecule has 2 heterocycles.